The van der Waals surface area contributed by atoms with Crippen molar-refractivity contribution in [2.75, 3.05) is 6.61 Å². The number of rotatable bonds is 7. The van der Waals surface area contributed by atoms with Gasteiger partial charge in [-0.15, -0.1) is 0 Å². The van der Waals surface area contributed by atoms with Gasteiger partial charge < -0.3 is 15.2 Å². The van der Waals surface area contributed by atoms with Crippen LogP contribution in [0.2, 0.25) is 0 Å². The second-order valence-electron chi connectivity index (χ2n) is 4.42. The highest BCUT2D eigenvalue weighted by Gasteiger charge is 2.27. The molecular formula is C13H16FNO3. The van der Waals surface area contributed by atoms with Crippen molar-refractivity contribution in [3.8, 4) is 5.75 Å². The van der Waals surface area contributed by atoms with Crippen LogP contribution in [0.25, 0.3) is 0 Å². The molecule has 1 unspecified atom stereocenters. The number of carboxylic acid groups (broad SMARTS) is 1. The van der Waals surface area contributed by atoms with Gasteiger partial charge >= 0.3 is 5.97 Å². The lowest BCUT2D eigenvalue weighted by Gasteiger charge is -2.14. The molecule has 0 spiro atoms. The molecule has 1 atom stereocenters. The van der Waals surface area contributed by atoms with Gasteiger partial charge in [-0.2, -0.15) is 0 Å². The number of benzene rings is 1. The Morgan fingerprint density at radius 2 is 2.11 bits per heavy atom. The van der Waals surface area contributed by atoms with Crippen LogP contribution in [0.1, 0.15) is 19.3 Å². The fourth-order valence-corrected chi connectivity index (χ4v) is 1.64. The molecule has 1 aromatic carbocycles. The molecule has 0 bridgehead atoms. The highest BCUT2D eigenvalue weighted by molar-refractivity contribution is 5.73. The lowest BCUT2D eigenvalue weighted by atomic mass is 10.2. The maximum Gasteiger partial charge on any atom is 0.320 e. The average Bonchev–Trinajstić information content (AvgIpc) is 3.14. The Balaban J connectivity index is 1.75. The van der Waals surface area contributed by atoms with E-state index in [9.17, 15) is 9.18 Å². The third-order valence-electron chi connectivity index (χ3n) is 2.80. The molecule has 0 aliphatic heterocycles. The summed E-state index contributed by atoms with van der Waals surface area (Å²) in [7, 11) is 0. The Hall–Kier alpha value is -1.62. The molecule has 4 nitrogen and oxygen atoms in total. The molecule has 0 aromatic heterocycles. The molecule has 98 valence electrons. The molecule has 0 heterocycles. The summed E-state index contributed by atoms with van der Waals surface area (Å²) in [4.78, 5) is 11.0. The third-order valence-corrected chi connectivity index (χ3v) is 2.80. The van der Waals surface area contributed by atoms with E-state index < -0.39 is 12.0 Å². The predicted molar refractivity (Wildman–Crippen MR) is 64.1 cm³/mol. The molecule has 18 heavy (non-hydrogen) atoms. The first-order valence-electron chi connectivity index (χ1n) is 6.02. The molecular weight excluding hydrogens is 237 g/mol. The van der Waals surface area contributed by atoms with Gasteiger partial charge in [0.2, 0.25) is 0 Å². The lowest BCUT2D eigenvalue weighted by molar-refractivity contribution is -0.139. The molecule has 0 amide bonds. The monoisotopic (exact) mass is 253 g/mol. The van der Waals surface area contributed by atoms with E-state index in [1.54, 1.807) is 0 Å². The number of ether oxygens (including phenoxy) is 1. The smallest absolute Gasteiger partial charge is 0.320 e. The average molecular weight is 253 g/mol. The van der Waals surface area contributed by atoms with Crippen molar-refractivity contribution in [3.05, 3.63) is 30.1 Å². The minimum Gasteiger partial charge on any atom is -0.494 e. The van der Waals surface area contributed by atoms with Crippen molar-refractivity contribution in [1.29, 1.82) is 0 Å². The van der Waals surface area contributed by atoms with Crippen molar-refractivity contribution >= 4 is 5.97 Å². The summed E-state index contributed by atoms with van der Waals surface area (Å²) in [6, 6.07) is 5.45. The maximum absolute atomic E-state index is 12.7. The zero-order chi connectivity index (χ0) is 13.0. The molecule has 5 heteroatoms. The number of aliphatic carboxylic acids is 1. The highest BCUT2D eigenvalue weighted by atomic mass is 19.1. The first kappa shape index (κ1) is 12.8. The van der Waals surface area contributed by atoms with Crippen molar-refractivity contribution in [1.82, 2.24) is 5.32 Å². The second kappa shape index (κ2) is 5.82. The van der Waals surface area contributed by atoms with Crippen molar-refractivity contribution < 1.29 is 19.0 Å². The Bertz CT molecular complexity index is 403. The van der Waals surface area contributed by atoms with E-state index in [1.807, 2.05) is 0 Å². The Kier molecular flexibility index (Phi) is 4.15. The minimum atomic E-state index is -0.857. The highest BCUT2D eigenvalue weighted by Crippen LogP contribution is 2.20. The molecule has 0 radical (unpaired) electrons. The Labute approximate surface area is 105 Å². The number of hydrogen-bond donors (Lipinski definition) is 2. The van der Waals surface area contributed by atoms with Crippen LogP contribution in [0.4, 0.5) is 4.39 Å². The topological polar surface area (TPSA) is 58.6 Å². The fraction of sp³-hybridized carbons (Fsp3) is 0.462. The van der Waals surface area contributed by atoms with Gasteiger partial charge in [-0.1, -0.05) is 0 Å². The van der Waals surface area contributed by atoms with E-state index >= 15 is 0 Å². The summed E-state index contributed by atoms with van der Waals surface area (Å²) in [5.41, 5.74) is 0. The van der Waals surface area contributed by atoms with Crippen LogP contribution in [0.15, 0.2) is 24.3 Å². The first-order valence-corrected chi connectivity index (χ1v) is 6.02. The summed E-state index contributed by atoms with van der Waals surface area (Å²) < 4.78 is 18.0. The lowest BCUT2D eigenvalue weighted by Crippen LogP contribution is -2.39. The Morgan fingerprint density at radius 3 is 2.67 bits per heavy atom. The van der Waals surface area contributed by atoms with E-state index in [0.29, 0.717) is 24.8 Å². The number of hydrogen-bond acceptors (Lipinski definition) is 3. The summed E-state index contributed by atoms with van der Waals surface area (Å²) in [6.07, 6.45) is 2.48. The van der Waals surface area contributed by atoms with E-state index in [2.05, 4.69) is 5.32 Å². The van der Waals surface area contributed by atoms with Gasteiger partial charge in [0.15, 0.2) is 0 Å². The quantitative estimate of drug-likeness (QED) is 0.778. The van der Waals surface area contributed by atoms with Gasteiger partial charge in [-0.05, 0) is 37.1 Å². The molecule has 2 rings (SSSR count). The number of carbonyl (C=O) groups is 1. The van der Waals surface area contributed by atoms with Gasteiger partial charge in [0, 0.05) is 12.5 Å². The minimum absolute atomic E-state index is 0.294. The van der Waals surface area contributed by atoms with E-state index in [0.717, 1.165) is 12.8 Å². The summed E-state index contributed by atoms with van der Waals surface area (Å²) in [5.74, 6) is -0.627. The molecule has 2 N–H and O–H groups in total. The van der Waals surface area contributed by atoms with Gasteiger partial charge in [0.05, 0.1) is 6.61 Å². The van der Waals surface area contributed by atoms with E-state index in [1.165, 1.54) is 24.3 Å². The van der Waals surface area contributed by atoms with E-state index in [4.69, 9.17) is 9.84 Å². The van der Waals surface area contributed by atoms with Gasteiger partial charge in [-0.3, -0.25) is 4.79 Å². The van der Waals surface area contributed by atoms with Gasteiger partial charge in [0.25, 0.3) is 0 Å². The number of halogens is 1. The van der Waals surface area contributed by atoms with Crippen LogP contribution in [0.5, 0.6) is 5.75 Å². The van der Waals surface area contributed by atoms with Gasteiger partial charge in [0.1, 0.15) is 17.6 Å². The third kappa shape index (κ3) is 4.00. The number of carboxylic acids is 1. The van der Waals surface area contributed by atoms with Crippen molar-refractivity contribution in [2.45, 2.75) is 31.3 Å². The molecule has 1 fully saturated rings. The second-order valence-corrected chi connectivity index (χ2v) is 4.42. The molecule has 1 aromatic rings. The van der Waals surface area contributed by atoms with Crippen molar-refractivity contribution in [2.24, 2.45) is 0 Å². The van der Waals surface area contributed by atoms with Crippen LogP contribution in [-0.4, -0.2) is 29.8 Å². The number of nitrogens with one attached hydrogen (secondary N) is 1. The predicted octanol–water partition coefficient (Wildman–Crippen LogP) is 1.80. The summed E-state index contributed by atoms with van der Waals surface area (Å²) in [6.45, 7) is 0.294. The van der Waals surface area contributed by atoms with Gasteiger partial charge in [-0.25, -0.2) is 4.39 Å². The van der Waals surface area contributed by atoms with Crippen LogP contribution in [-0.2, 0) is 4.79 Å². The van der Waals surface area contributed by atoms with Crippen molar-refractivity contribution in [3.63, 3.8) is 0 Å². The Morgan fingerprint density at radius 1 is 1.44 bits per heavy atom. The molecule has 0 saturated heterocycles. The van der Waals surface area contributed by atoms with Crippen LogP contribution >= 0.6 is 0 Å². The van der Waals surface area contributed by atoms with Crippen LogP contribution in [0.3, 0.4) is 0 Å². The zero-order valence-electron chi connectivity index (χ0n) is 9.93. The standard InChI is InChI=1S/C13H16FNO3/c14-9-1-5-11(6-2-9)18-8-7-12(13(16)17)15-10-3-4-10/h1-2,5-6,10,12,15H,3-4,7-8H2,(H,16,17). The zero-order valence-corrected chi connectivity index (χ0v) is 9.93. The largest absolute Gasteiger partial charge is 0.494 e. The maximum atomic E-state index is 12.7. The normalized spacial score (nSPS) is 16.3. The summed E-state index contributed by atoms with van der Waals surface area (Å²) >= 11 is 0. The summed E-state index contributed by atoms with van der Waals surface area (Å²) in [5, 5.41) is 12.1. The first-order chi connectivity index (χ1) is 8.65. The van der Waals surface area contributed by atoms with Crippen LogP contribution < -0.4 is 10.1 Å². The SMILES string of the molecule is O=C(O)C(CCOc1ccc(F)cc1)NC1CC1. The molecule has 1 aliphatic carbocycles. The van der Waals surface area contributed by atoms with Crippen LogP contribution in [0, 0.1) is 5.82 Å². The molecule has 1 saturated carbocycles. The van der Waals surface area contributed by atoms with E-state index in [-0.39, 0.29) is 5.82 Å². The fourth-order valence-electron chi connectivity index (χ4n) is 1.64. The molecule has 1 aliphatic rings.